The van der Waals surface area contributed by atoms with E-state index in [1.165, 1.54) is 11.3 Å². The van der Waals surface area contributed by atoms with Gasteiger partial charge in [0.05, 0.1) is 10.2 Å². The second-order valence-electron chi connectivity index (χ2n) is 6.10. The molecule has 0 unspecified atom stereocenters. The van der Waals surface area contributed by atoms with Crippen molar-refractivity contribution in [3.05, 3.63) is 53.1 Å². The number of hydrogen-bond acceptors (Lipinski definition) is 5. The SMILES string of the molecule is CSc1cccc(C(=O)N(CCN(C)C)c2nc3ccc(Cl)cc3s2)c1.Cl. The lowest BCUT2D eigenvalue weighted by Gasteiger charge is -2.22. The van der Waals surface area contributed by atoms with Crippen molar-refractivity contribution in [2.24, 2.45) is 0 Å². The molecule has 0 atom stereocenters. The first-order valence-electron chi connectivity index (χ1n) is 8.14. The fraction of sp³-hybridized carbons (Fsp3) is 0.263. The Hall–Kier alpha value is -1.31. The summed E-state index contributed by atoms with van der Waals surface area (Å²) < 4.78 is 0.980. The molecule has 27 heavy (non-hydrogen) atoms. The molecule has 3 rings (SSSR count). The normalized spacial score (nSPS) is 10.9. The molecule has 0 aliphatic rings. The van der Waals surface area contributed by atoms with Gasteiger partial charge in [-0.3, -0.25) is 9.69 Å². The summed E-state index contributed by atoms with van der Waals surface area (Å²) in [5, 5.41) is 1.37. The Morgan fingerprint density at radius 3 is 2.67 bits per heavy atom. The molecule has 8 heteroatoms. The van der Waals surface area contributed by atoms with Crippen molar-refractivity contribution >= 4 is 68.4 Å². The summed E-state index contributed by atoms with van der Waals surface area (Å²) in [5.74, 6) is -0.0343. The maximum Gasteiger partial charge on any atom is 0.260 e. The number of hydrogen-bond donors (Lipinski definition) is 0. The van der Waals surface area contributed by atoms with Gasteiger partial charge in [-0.05, 0) is 56.7 Å². The maximum atomic E-state index is 13.2. The van der Waals surface area contributed by atoms with Crippen LogP contribution in [0.2, 0.25) is 5.02 Å². The number of thioether (sulfide) groups is 1. The van der Waals surface area contributed by atoms with Gasteiger partial charge >= 0.3 is 0 Å². The Bertz CT molecular complexity index is 930. The first-order chi connectivity index (χ1) is 12.5. The molecule has 3 aromatic rings. The first-order valence-corrected chi connectivity index (χ1v) is 10.6. The van der Waals surface area contributed by atoms with Gasteiger partial charge in [-0.25, -0.2) is 4.98 Å². The number of fused-ring (bicyclic) bond motifs is 1. The van der Waals surface area contributed by atoms with Crippen LogP contribution in [0.25, 0.3) is 10.2 Å². The predicted molar refractivity (Wildman–Crippen MR) is 120 cm³/mol. The van der Waals surface area contributed by atoms with E-state index in [9.17, 15) is 4.79 Å². The molecule has 1 amide bonds. The molecular weight excluding hydrogens is 421 g/mol. The lowest BCUT2D eigenvalue weighted by Crippen LogP contribution is -2.36. The fourth-order valence-electron chi connectivity index (χ4n) is 2.50. The van der Waals surface area contributed by atoms with Crippen molar-refractivity contribution < 1.29 is 4.79 Å². The summed E-state index contributed by atoms with van der Waals surface area (Å²) in [5.41, 5.74) is 1.53. The van der Waals surface area contributed by atoms with Gasteiger partial charge < -0.3 is 4.90 Å². The quantitative estimate of drug-likeness (QED) is 0.486. The van der Waals surface area contributed by atoms with Crippen LogP contribution >= 0.6 is 47.1 Å². The van der Waals surface area contributed by atoms with E-state index in [2.05, 4.69) is 9.88 Å². The molecule has 144 valence electrons. The van der Waals surface area contributed by atoms with Gasteiger partial charge in [-0.1, -0.05) is 29.0 Å². The second-order valence-corrected chi connectivity index (χ2v) is 8.43. The molecule has 0 radical (unpaired) electrons. The third-order valence-electron chi connectivity index (χ3n) is 3.90. The van der Waals surface area contributed by atoms with Crippen LogP contribution in [0.3, 0.4) is 0 Å². The summed E-state index contributed by atoms with van der Waals surface area (Å²) in [4.78, 5) is 22.8. The molecule has 0 N–H and O–H groups in total. The predicted octanol–water partition coefficient (Wildman–Crippen LogP) is 5.30. The van der Waals surface area contributed by atoms with Crippen LogP contribution in [0.15, 0.2) is 47.4 Å². The molecule has 0 bridgehead atoms. The van der Waals surface area contributed by atoms with E-state index in [1.54, 1.807) is 16.7 Å². The minimum Gasteiger partial charge on any atom is -0.308 e. The van der Waals surface area contributed by atoms with Crippen molar-refractivity contribution in [2.75, 3.05) is 38.3 Å². The van der Waals surface area contributed by atoms with E-state index in [1.807, 2.05) is 62.8 Å². The van der Waals surface area contributed by atoms with Crippen LogP contribution in [-0.4, -0.2) is 49.2 Å². The van der Waals surface area contributed by atoms with E-state index in [0.29, 0.717) is 22.3 Å². The standard InChI is InChI=1S/C19H20ClN3OS2.ClH/c1-22(2)9-10-23(18(24)13-5-4-6-15(11-13)25-3)19-21-16-8-7-14(20)12-17(16)26-19;/h4-8,11-12H,9-10H2,1-3H3;1H. The highest BCUT2D eigenvalue weighted by molar-refractivity contribution is 7.98. The summed E-state index contributed by atoms with van der Waals surface area (Å²) in [6.45, 7) is 1.33. The van der Waals surface area contributed by atoms with E-state index >= 15 is 0 Å². The minimum atomic E-state index is -0.0343. The zero-order valence-corrected chi connectivity index (χ0v) is 18.5. The monoisotopic (exact) mass is 441 g/mol. The number of carbonyl (C=O) groups excluding carboxylic acids is 1. The van der Waals surface area contributed by atoms with Crippen LogP contribution < -0.4 is 4.90 Å². The van der Waals surface area contributed by atoms with Gasteiger partial charge in [0.25, 0.3) is 5.91 Å². The van der Waals surface area contributed by atoms with E-state index < -0.39 is 0 Å². The molecular formula is C19H21Cl2N3OS2. The average molecular weight is 442 g/mol. The first kappa shape index (κ1) is 22.0. The zero-order chi connectivity index (χ0) is 18.7. The van der Waals surface area contributed by atoms with Crippen LogP contribution in [0.5, 0.6) is 0 Å². The molecule has 0 spiro atoms. The van der Waals surface area contributed by atoms with E-state index in [4.69, 9.17) is 11.6 Å². The number of likely N-dealkylation sites (N-methyl/N-ethyl adjacent to an activating group) is 1. The van der Waals surface area contributed by atoms with Crippen molar-refractivity contribution in [3.8, 4) is 0 Å². The zero-order valence-electron chi connectivity index (χ0n) is 15.3. The van der Waals surface area contributed by atoms with Crippen LogP contribution in [0.4, 0.5) is 5.13 Å². The summed E-state index contributed by atoms with van der Waals surface area (Å²) in [6, 6.07) is 13.3. The highest BCUT2D eigenvalue weighted by Gasteiger charge is 2.21. The molecule has 0 saturated heterocycles. The number of thiazole rings is 1. The lowest BCUT2D eigenvalue weighted by molar-refractivity contribution is 0.0985. The van der Waals surface area contributed by atoms with Gasteiger partial charge in [0.15, 0.2) is 5.13 Å². The van der Waals surface area contributed by atoms with Gasteiger partial charge in [-0.15, -0.1) is 24.2 Å². The number of amides is 1. The third kappa shape index (κ3) is 5.36. The van der Waals surface area contributed by atoms with Gasteiger partial charge in [-0.2, -0.15) is 0 Å². The average Bonchev–Trinajstić information content (AvgIpc) is 3.04. The molecule has 1 heterocycles. The molecule has 1 aromatic heterocycles. The van der Waals surface area contributed by atoms with Crippen LogP contribution in [0.1, 0.15) is 10.4 Å². The Morgan fingerprint density at radius 2 is 1.96 bits per heavy atom. The smallest absolute Gasteiger partial charge is 0.260 e. The number of carbonyl (C=O) groups is 1. The molecule has 4 nitrogen and oxygen atoms in total. The summed E-state index contributed by atoms with van der Waals surface area (Å²) in [7, 11) is 3.99. The third-order valence-corrected chi connectivity index (χ3v) is 5.90. The lowest BCUT2D eigenvalue weighted by atomic mass is 10.2. The van der Waals surface area contributed by atoms with Crippen molar-refractivity contribution in [1.82, 2.24) is 9.88 Å². The fourth-order valence-corrected chi connectivity index (χ4v) is 4.22. The topological polar surface area (TPSA) is 36.4 Å². The molecule has 0 aliphatic carbocycles. The van der Waals surface area contributed by atoms with Crippen molar-refractivity contribution in [3.63, 3.8) is 0 Å². The largest absolute Gasteiger partial charge is 0.308 e. The Morgan fingerprint density at radius 1 is 1.19 bits per heavy atom. The van der Waals surface area contributed by atoms with Gasteiger partial charge in [0, 0.05) is 28.6 Å². The number of rotatable bonds is 6. The number of halogens is 2. The Balaban J connectivity index is 0.00000261. The van der Waals surface area contributed by atoms with E-state index in [-0.39, 0.29) is 18.3 Å². The van der Waals surface area contributed by atoms with Crippen molar-refractivity contribution in [2.45, 2.75) is 4.90 Å². The summed E-state index contributed by atoms with van der Waals surface area (Å²) in [6.07, 6.45) is 2.00. The van der Waals surface area contributed by atoms with Gasteiger partial charge in [0.1, 0.15) is 0 Å². The number of benzene rings is 2. The van der Waals surface area contributed by atoms with E-state index in [0.717, 1.165) is 21.7 Å². The number of nitrogens with zero attached hydrogens (tertiary/aromatic N) is 3. The van der Waals surface area contributed by atoms with Crippen LogP contribution in [-0.2, 0) is 0 Å². The molecule has 0 aliphatic heterocycles. The number of anilines is 1. The maximum absolute atomic E-state index is 13.2. The van der Waals surface area contributed by atoms with Crippen LogP contribution in [0, 0.1) is 0 Å². The molecule has 2 aromatic carbocycles. The molecule has 0 saturated carbocycles. The minimum absolute atomic E-state index is 0. The van der Waals surface area contributed by atoms with Gasteiger partial charge in [0.2, 0.25) is 0 Å². The molecule has 0 fully saturated rings. The highest BCUT2D eigenvalue weighted by atomic mass is 35.5. The Kier molecular flexibility index (Phi) is 7.94. The van der Waals surface area contributed by atoms with Crippen molar-refractivity contribution in [1.29, 1.82) is 0 Å². The number of aromatic nitrogens is 1. The Labute approximate surface area is 178 Å². The second kappa shape index (κ2) is 9.75. The summed E-state index contributed by atoms with van der Waals surface area (Å²) >= 11 is 9.21. The highest BCUT2D eigenvalue weighted by Crippen LogP contribution is 2.31.